The van der Waals surface area contributed by atoms with Gasteiger partial charge in [-0.25, -0.2) is 0 Å². The molecule has 0 aliphatic heterocycles. The number of hydrogen-bond acceptors (Lipinski definition) is 2. The summed E-state index contributed by atoms with van der Waals surface area (Å²) in [5.41, 5.74) is 5.16. The molecule has 0 fully saturated rings. The molecule has 0 rings (SSSR count). The van der Waals surface area contributed by atoms with Gasteiger partial charge in [-0.2, -0.15) is 0 Å². The minimum absolute atomic E-state index is 0.125. The van der Waals surface area contributed by atoms with Gasteiger partial charge in [0.1, 0.15) is 0 Å². The largest absolute Gasteiger partial charge is 0.369 e. The van der Waals surface area contributed by atoms with Crippen LogP contribution in [0.1, 0.15) is 6.92 Å². The molecule has 0 aliphatic rings. The third-order valence-corrected chi connectivity index (χ3v) is 1.79. The predicted molar refractivity (Wildman–Crippen MR) is 55.2 cm³/mol. The highest BCUT2D eigenvalue weighted by atomic mass is 16.1. The monoisotopic (exact) mass is 182 g/mol. The summed E-state index contributed by atoms with van der Waals surface area (Å²) < 4.78 is 0. The maximum absolute atomic E-state index is 10.8. The lowest BCUT2D eigenvalue weighted by Gasteiger charge is -2.21. The Hall–Kier alpha value is -1.09. The van der Waals surface area contributed by atoms with Crippen LogP contribution in [0.4, 0.5) is 0 Å². The van der Waals surface area contributed by atoms with Crippen molar-refractivity contribution in [2.45, 2.75) is 6.92 Å². The zero-order valence-electron chi connectivity index (χ0n) is 8.20. The van der Waals surface area contributed by atoms with Crippen molar-refractivity contribution in [2.24, 2.45) is 11.7 Å². The number of nitrogens with zero attached hydrogens (tertiary/aromatic N) is 1. The third-order valence-electron chi connectivity index (χ3n) is 1.79. The molecule has 1 atom stereocenters. The van der Waals surface area contributed by atoms with Crippen LogP contribution in [-0.2, 0) is 4.79 Å². The first-order chi connectivity index (χ1) is 6.11. The minimum atomic E-state index is -0.266. The molecule has 0 heterocycles. The molecule has 3 nitrogen and oxygen atoms in total. The van der Waals surface area contributed by atoms with Crippen molar-refractivity contribution in [3.8, 4) is 0 Å². The molecule has 0 saturated carbocycles. The summed E-state index contributed by atoms with van der Waals surface area (Å²) >= 11 is 0. The van der Waals surface area contributed by atoms with Gasteiger partial charge in [0.05, 0.1) is 0 Å². The second-order valence-corrected chi connectivity index (χ2v) is 3.10. The Labute approximate surface area is 79.9 Å². The van der Waals surface area contributed by atoms with Crippen molar-refractivity contribution in [3.05, 3.63) is 25.3 Å². The van der Waals surface area contributed by atoms with E-state index in [1.54, 1.807) is 12.2 Å². The van der Waals surface area contributed by atoms with Crippen LogP contribution >= 0.6 is 0 Å². The van der Waals surface area contributed by atoms with Crippen LogP contribution in [0.2, 0.25) is 0 Å². The molecule has 0 aliphatic carbocycles. The van der Waals surface area contributed by atoms with Crippen LogP contribution < -0.4 is 5.73 Å². The van der Waals surface area contributed by atoms with Gasteiger partial charge in [0.15, 0.2) is 0 Å². The quantitative estimate of drug-likeness (QED) is 0.591. The van der Waals surface area contributed by atoms with Crippen LogP contribution in [0.5, 0.6) is 0 Å². The highest BCUT2D eigenvalue weighted by Gasteiger charge is 2.12. The number of primary amides is 1. The second kappa shape index (κ2) is 6.43. The Morgan fingerprint density at radius 1 is 1.46 bits per heavy atom. The third kappa shape index (κ3) is 5.20. The average Bonchev–Trinajstić information content (AvgIpc) is 2.05. The first-order valence-electron chi connectivity index (χ1n) is 4.35. The molecule has 0 spiro atoms. The van der Waals surface area contributed by atoms with Crippen molar-refractivity contribution >= 4 is 5.91 Å². The van der Waals surface area contributed by atoms with Crippen molar-refractivity contribution in [3.63, 3.8) is 0 Å². The molecule has 0 bridgehead atoms. The predicted octanol–water partition coefficient (Wildman–Crippen LogP) is 0.782. The first-order valence-corrected chi connectivity index (χ1v) is 4.35. The van der Waals surface area contributed by atoms with Crippen molar-refractivity contribution in [1.29, 1.82) is 0 Å². The molecule has 0 saturated heterocycles. The summed E-state index contributed by atoms with van der Waals surface area (Å²) in [5, 5.41) is 0. The molecular formula is C10H18N2O. The van der Waals surface area contributed by atoms with Gasteiger partial charge in [0.25, 0.3) is 0 Å². The Kier molecular flexibility index (Phi) is 5.89. The summed E-state index contributed by atoms with van der Waals surface area (Å²) in [4.78, 5) is 12.9. The minimum Gasteiger partial charge on any atom is -0.369 e. The molecule has 2 N–H and O–H groups in total. The smallest absolute Gasteiger partial charge is 0.221 e. The summed E-state index contributed by atoms with van der Waals surface area (Å²) in [6.07, 6.45) is 3.61. The molecule has 0 aromatic carbocycles. The van der Waals surface area contributed by atoms with Crippen molar-refractivity contribution in [1.82, 2.24) is 4.90 Å². The topological polar surface area (TPSA) is 46.3 Å². The Balaban J connectivity index is 3.99. The number of carbonyl (C=O) groups excluding carboxylic acids is 1. The van der Waals surface area contributed by atoms with Crippen LogP contribution in [0.15, 0.2) is 25.3 Å². The van der Waals surface area contributed by atoms with E-state index in [1.807, 2.05) is 6.92 Å². The zero-order valence-corrected chi connectivity index (χ0v) is 8.20. The van der Waals surface area contributed by atoms with E-state index in [-0.39, 0.29) is 11.8 Å². The van der Waals surface area contributed by atoms with Gasteiger partial charge in [-0.3, -0.25) is 9.69 Å². The van der Waals surface area contributed by atoms with Gasteiger partial charge in [-0.15, -0.1) is 13.2 Å². The molecule has 0 radical (unpaired) electrons. The van der Waals surface area contributed by atoms with Crippen LogP contribution in [0.25, 0.3) is 0 Å². The van der Waals surface area contributed by atoms with Crippen LogP contribution in [0, 0.1) is 5.92 Å². The number of carbonyl (C=O) groups is 1. The molecule has 1 unspecified atom stereocenters. The zero-order chi connectivity index (χ0) is 10.3. The number of amides is 1. The summed E-state index contributed by atoms with van der Waals surface area (Å²) in [6.45, 7) is 11.3. The van der Waals surface area contributed by atoms with Crippen LogP contribution in [-0.4, -0.2) is 30.4 Å². The summed E-state index contributed by atoms with van der Waals surface area (Å²) in [6, 6.07) is 0. The maximum Gasteiger partial charge on any atom is 0.221 e. The fourth-order valence-electron chi connectivity index (χ4n) is 1.07. The van der Waals surface area contributed by atoms with Gasteiger partial charge in [0, 0.05) is 25.6 Å². The molecule has 3 heteroatoms. The van der Waals surface area contributed by atoms with Crippen molar-refractivity contribution in [2.75, 3.05) is 19.6 Å². The lowest BCUT2D eigenvalue weighted by molar-refractivity contribution is -0.121. The Bertz CT molecular complexity index is 179. The molecule has 0 aromatic heterocycles. The van der Waals surface area contributed by atoms with Gasteiger partial charge in [-0.05, 0) is 0 Å². The number of nitrogens with two attached hydrogens (primary N) is 1. The molecule has 1 amide bonds. The molecule has 13 heavy (non-hydrogen) atoms. The van der Waals surface area contributed by atoms with E-state index in [4.69, 9.17) is 5.73 Å². The van der Waals surface area contributed by atoms with Gasteiger partial charge in [-0.1, -0.05) is 19.1 Å². The highest BCUT2D eigenvalue weighted by Crippen LogP contribution is 1.99. The number of rotatable bonds is 7. The Morgan fingerprint density at radius 3 is 2.23 bits per heavy atom. The van der Waals surface area contributed by atoms with E-state index < -0.39 is 0 Å². The van der Waals surface area contributed by atoms with E-state index in [1.165, 1.54) is 0 Å². The lowest BCUT2D eigenvalue weighted by Crippen LogP contribution is -2.35. The van der Waals surface area contributed by atoms with E-state index in [2.05, 4.69) is 18.1 Å². The van der Waals surface area contributed by atoms with Gasteiger partial charge < -0.3 is 5.73 Å². The summed E-state index contributed by atoms with van der Waals surface area (Å²) in [7, 11) is 0. The van der Waals surface area contributed by atoms with Gasteiger partial charge in [0.2, 0.25) is 5.91 Å². The first kappa shape index (κ1) is 11.9. The molecule has 74 valence electrons. The van der Waals surface area contributed by atoms with Crippen LogP contribution in [0.3, 0.4) is 0 Å². The lowest BCUT2D eigenvalue weighted by atomic mass is 10.1. The fraction of sp³-hybridized carbons (Fsp3) is 0.500. The fourth-order valence-corrected chi connectivity index (χ4v) is 1.07. The SMILES string of the molecule is C=CCN(CC=C)CC(C)C(N)=O. The molecular weight excluding hydrogens is 164 g/mol. The normalized spacial score (nSPS) is 12.5. The highest BCUT2D eigenvalue weighted by molar-refractivity contribution is 5.76. The molecule has 0 aromatic rings. The van der Waals surface area contributed by atoms with E-state index in [9.17, 15) is 4.79 Å². The van der Waals surface area contributed by atoms with Crippen molar-refractivity contribution < 1.29 is 4.79 Å². The van der Waals surface area contributed by atoms with E-state index >= 15 is 0 Å². The van der Waals surface area contributed by atoms with E-state index in [0.717, 1.165) is 13.1 Å². The van der Waals surface area contributed by atoms with E-state index in [0.29, 0.717) is 6.54 Å². The maximum atomic E-state index is 10.8. The number of hydrogen-bond donors (Lipinski definition) is 1. The summed E-state index contributed by atoms with van der Waals surface area (Å²) in [5.74, 6) is -0.391. The second-order valence-electron chi connectivity index (χ2n) is 3.10. The van der Waals surface area contributed by atoms with Gasteiger partial charge >= 0.3 is 0 Å². The Morgan fingerprint density at radius 2 is 1.92 bits per heavy atom. The standard InChI is InChI=1S/C10H18N2O/c1-4-6-12(7-5-2)8-9(3)10(11)13/h4-5,9H,1-2,6-8H2,3H3,(H2,11,13). The average molecular weight is 182 g/mol.